The van der Waals surface area contributed by atoms with Crippen LogP contribution in [0.2, 0.25) is 0 Å². The Morgan fingerprint density at radius 2 is 1.05 bits per heavy atom. The van der Waals surface area contributed by atoms with E-state index in [0.717, 1.165) is 72.5 Å². The van der Waals surface area contributed by atoms with Crippen molar-refractivity contribution in [1.82, 2.24) is 14.5 Å². The minimum Gasteiger partial charge on any atom is -0.308 e. The van der Waals surface area contributed by atoms with Crippen LogP contribution in [0.4, 0.5) is 13.2 Å². The second kappa shape index (κ2) is 15.5. The zero-order valence-corrected chi connectivity index (χ0v) is 33.4. The SMILES string of the molecule is Cc1cccc(-c2cc(-c3cc(-c4ccccc4)nc(-c4ccccc4)n3)cc(-c3cccc(C(F)(F)F)c3)c2-n2c3ccccc3c3cc(-c4ccccc4C#N)ccc32)c1. The molecule has 296 valence electrons. The number of aryl methyl sites for hydroxylation is 1. The predicted octanol–water partition coefficient (Wildman–Crippen LogP) is 14.8. The summed E-state index contributed by atoms with van der Waals surface area (Å²) in [4.78, 5) is 10.2. The molecule has 7 heteroatoms. The molecule has 2 heterocycles. The van der Waals surface area contributed by atoms with Crippen LogP contribution in [0, 0.1) is 18.3 Å². The predicted molar refractivity (Wildman–Crippen MR) is 243 cm³/mol. The van der Waals surface area contributed by atoms with Gasteiger partial charge in [-0.3, -0.25) is 0 Å². The van der Waals surface area contributed by atoms with Crippen molar-refractivity contribution in [3.8, 4) is 79.0 Å². The van der Waals surface area contributed by atoms with Gasteiger partial charge in [-0.2, -0.15) is 18.4 Å². The zero-order valence-electron chi connectivity index (χ0n) is 33.4. The van der Waals surface area contributed by atoms with Crippen LogP contribution in [0.5, 0.6) is 0 Å². The maximum atomic E-state index is 14.6. The molecule has 0 aliphatic carbocycles. The summed E-state index contributed by atoms with van der Waals surface area (Å²) in [5, 5.41) is 11.9. The van der Waals surface area contributed by atoms with E-state index in [0.29, 0.717) is 39.5 Å². The van der Waals surface area contributed by atoms with Gasteiger partial charge in [0.05, 0.1) is 45.3 Å². The zero-order chi connectivity index (χ0) is 42.4. The van der Waals surface area contributed by atoms with Crippen molar-refractivity contribution in [3.63, 3.8) is 0 Å². The van der Waals surface area contributed by atoms with Gasteiger partial charge in [0.2, 0.25) is 0 Å². The average Bonchev–Trinajstić information content (AvgIpc) is 3.64. The van der Waals surface area contributed by atoms with Crippen LogP contribution in [0.25, 0.3) is 94.8 Å². The maximum Gasteiger partial charge on any atom is 0.416 e. The number of halogens is 3. The van der Waals surface area contributed by atoms with Crippen molar-refractivity contribution in [1.29, 1.82) is 5.26 Å². The molecular formula is C55H35F3N4. The van der Waals surface area contributed by atoms with Crippen molar-refractivity contribution in [3.05, 3.63) is 211 Å². The Balaban J connectivity index is 1.33. The number of nitriles is 1. The molecule has 0 bridgehead atoms. The Morgan fingerprint density at radius 3 is 1.76 bits per heavy atom. The molecule has 0 radical (unpaired) electrons. The van der Waals surface area contributed by atoms with E-state index in [4.69, 9.17) is 9.97 Å². The van der Waals surface area contributed by atoms with Crippen LogP contribution < -0.4 is 0 Å². The van der Waals surface area contributed by atoms with Gasteiger partial charge in [-0.15, -0.1) is 0 Å². The van der Waals surface area contributed by atoms with Gasteiger partial charge in [0.1, 0.15) is 0 Å². The third-order valence-corrected chi connectivity index (χ3v) is 11.3. The summed E-state index contributed by atoms with van der Waals surface area (Å²) >= 11 is 0. The molecule has 10 aromatic rings. The molecule has 0 spiro atoms. The van der Waals surface area contributed by atoms with E-state index in [1.807, 2.05) is 153 Å². The summed E-state index contributed by atoms with van der Waals surface area (Å²) < 4.78 is 46.0. The molecule has 0 aliphatic rings. The highest BCUT2D eigenvalue weighted by Crippen LogP contribution is 2.46. The first-order chi connectivity index (χ1) is 30.2. The normalized spacial score (nSPS) is 11.5. The highest BCUT2D eigenvalue weighted by atomic mass is 19.4. The first-order valence-electron chi connectivity index (χ1n) is 20.2. The van der Waals surface area contributed by atoms with E-state index in [1.165, 1.54) is 12.1 Å². The van der Waals surface area contributed by atoms with Gasteiger partial charge in [-0.25, -0.2) is 9.97 Å². The molecule has 8 aromatic carbocycles. The number of fused-ring (bicyclic) bond motifs is 3. The lowest BCUT2D eigenvalue weighted by molar-refractivity contribution is -0.137. The molecule has 10 rings (SSSR count). The molecule has 0 saturated carbocycles. The topological polar surface area (TPSA) is 54.5 Å². The average molecular weight is 809 g/mol. The molecule has 0 amide bonds. The summed E-state index contributed by atoms with van der Waals surface area (Å²) in [7, 11) is 0. The smallest absolute Gasteiger partial charge is 0.308 e. The summed E-state index contributed by atoms with van der Waals surface area (Å²) in [5.74, 6) is 0.528. The highest BCUT2D eigenvalue weighted by molar-refractivity contribution is 6.12. The van der Waals surface area contributed by atoms with Crippen molar-refractivity contribution < 1.29 is 13.2 Å². The number of para-hydroxylation sites is 1. The monoisotopic (exact) mass is 808 g/mol. The second-order valence-electron chi connectivity index (χ2n) is 15.3. The first-order valence-corrected chi connectivity index (χ1v) is 20.2. The number of benzene rings is 8. The van der Waals surface area contributed by atoms with Gasteiger partial charge in [0.25, 0.3) is 0 Å². The quantitative estimate of drug-likeness (QED) is 0.161. The Bertz CT molecular complexity index is 3300. The third-order valence-electron chi connectivity index (χ3n) is 11.3. The van der Waals surface area contributed by atoms with Crippen LogP contribution in [0.15, 0.2) is 194 Å². The summed E-state index contributed by atoms with van der Waals surface area (Å²) in [6.45, 7) is 2.03. The number of rotatable bonds is 7. The summed E-state index contributed by atoms with van der Waals surface area (Å²) in [6, 6.07) is 63.5. The molecular weight excluding hydrogens is 774 g/mol. The fourth-order valence-electron chi connectivity index (χ4n) is 8.42. The third kappa shape index (κ3) is 6.98. The van der Waals surface area contributed by atoms with Gasteiger partial charge in [-0.05, 0) is 83.8 Å². The van der Waals surface area contributed by atoms with E-state index in [9.17, 15) is 18.4 Å². The first kappa shape index (κ1) is 38.1. The molecule has 0 saturated heterocycles. The Hall–Kier alpha value is -8.08. The Morgan fingerprint density at radius 1 is 0.468 bits per heavy atom. The van der Waals surface area contributed by atoms with Crippen molar-refractivity contribution >= 4 is 21.8 Å². The standard InChI is InChI=1S/C55H35F3N4/c1-35-14-12-20-38(28-35)46-31-42(50-33-49(36-15-4-2-5-16-36)60-54(61-50)37-17-6-3-7-18-37)32-47(39-21-13-22-43(29-39)55(56,57)58)53(46)62-51-25-11-10-24-45(51)48-30-40(26-27-52(48)62)44-23-9-8-19-41(44)34-59/h2-33H,1H3. The van der Waals surface area contributed by atoms with E-state index >= 15 is 0 Å². The molecule has 0 unspecified atom stereocenters. The number of alkyl halides is 3. The van der Waals surface area contributed by atoms with Crippen LogP contribution in [-0.2, 0) is 6.18 Å². The number of nitrogens with zero attached hydrogens (tertiary/aromatic N) is 4. The van der Waals surface area contributed by atoms with Gasteiger partial charge in [-0.1, -0.05) is 145 Å². The molecule has 62 heavy (non-hydrogen) atoms. The van der Waals surface area contributed by atoms with Gasteiger partial charge in [0.15, 0.2) is 5.82 Å². The molecule has 0 atom stereocenters. The molecule has 2 aromatic heterocycles. The molecule has 0 N–H and O–H groups in total. The lowest BCUT2D eigenvalue weighted by Crippen LogP contribution is -2.06. The van der Waals surface area contributed by atoms with E-state index in [1.54, 1.807) is 6.07 Å². The van der Waals surface area contributed by atoms with E-state index in [2.05, 4.69) is 34.9 Å². The van der Waals surface area contributed by atoms with Crippen LogP contribution >= 0.6 is 0 Å². The summed E-state index contributed by atoms with van der Waals surface area (Å²) in [5.41, 5.74) is 11.5. The van der Waals surface area contributed by atoms with Crippen LogP contribution in [0.3, 0.4) is 0 Å². The summed E-state index contributed by atoms with van der Waals surface area (Å²) in [6.07, 6.45) is -4.57. The fraction of sp³-hybridized carbons (Fsp3) is 0.0364. The minimum absolute atomic E-state index is 0.400. The van der Waals surface area contributed by atoms with Crippen molar-refractivity contribution in [2.75, 3.05) is 0 Å². The number of aromatic nitrogens is 3. The molecule has 0 aliphatic heterocycles. The maximum absolute atomic E-state index is 14.6. The van der Waals surface area contributed by atoms with Crippen molar-refractivity contribution in [2.45, 2.75) is 13.1 Å². The van der Waals surface area contributed by atoms with Gasteiger partial charge >= 0.3 is 6.18 Å². The largest absolute Gasteiger partial charge is 0.416 e. The van der Waals surface area contributed by atoms with E-state index in [-0.39, 0.29) is 0 Å². The molecule has 0 fully saturated rings. The van der Waals surface area contributed by atoms with Gasteiger partial charge < -0.3 is 4.57 Å². The van der Waals surface area contributed by atoms with Gasteiger partial charge in [0, 0.05) is 38.6 Å². The fourth-order valence-corrected chi connectivity index (χ4v) is 8.42. The highest BCUT2D eigenvalue weighted by Gasteiger charge is 2.31. The van der Waals surface area contributed by atoms with E-state index < -0.39 is 11.7 Å². The lowest BCUT2D eigenvalue weighted by Gasteiger charge is -2.22. The number of hydrogen-bond acceptors (Lipinski definition) is 3. The van der Waals surface area contributed by atoms with Crippen LogP contribution in [0.1, 0.15) is 16.7 Å². The lowest BCUT2D eigenvalue weighted by atomic mass is 9.90. The minimum atomic E-state index is -4.57. The number of hydrogen-bond donors (Lipinski definition) is 0. The van der Waals surface area contributed by atoms with Crippen molar-refractivity contribution in [2.24, 2.45) is 0 Å². The second-order valence-corrected chi connectivity index (χ2v) is 15.3. The van der Waals surface area contributed by atoms with Crippen LogP contribution in [-0.4, -0.2) is 14.5 Å². The Labute approximate surface area is 356 Å². The molecule has 4 nitrogen and oxygen atoms in total. The Kier molecular flexibility index (Phi) is 9.54.